The van der Waals surface area contributed by atoms with Gasteiger partial charge in [-0.2, -0.15) is 4.31 Å². The number of rotatable bonds is 6. The number of ether oxygens (including phenoxy) is 1. The summed E-state index contributed by atoms with van der Waals surface area (Å²) in [7, 11) is -0.376. The number of methoxy groups -OCH3 is 1. The number of aromatic nitrogens is 1. The number of thiazole rings is 1. The molecule has 0 bridgehead atoms. The lowest BCUT2D eigenvalue weighted by molar-refractivity contribution is 0.0746. The maximum atomic E-state index is 13.0. The highest BCUT2D eigenvalue weighted by molar-refractivity contribution is 7.89. The van der Waals surface area contributed by atoms with Crippen LogP contribution in [0.5, 0.6) is 5.75 Å². The second kappa shape index (κ2) is 9.28. The Labute approximate surface area is 198 Å². The summed E-state index contributed by atoms with van der Waals surface area (Å²) in [4.78, 5) is 21.9. The number of hydrogen-bond donors (Lipinski definition) is 0. The monoisotopic (exact) mass is 488 g/mol. The molecule has 1 aromatic heterocycles. The minimum Gasteiger partial charge on any atom is -0.494 e. The van der Waals surface area contributed by atoms with E-state index in [1.165, 1.54) is 16.4 Å². The van der Waals surface area contributed by atoms with Crippen LogP contribution in [-0.4, -0.2) is 74.9 Å². The van der Waals surface area contributed by atoms with Crippen molar-refractivity contribution in [2.24, 2.45) is 0 Å². The first kappa shape index (κ1) is 23.5. The van der Waals surface area contributed by atoms with Crippen molar-refractivity contribution >= 4 is 42.6 Å². The van der Waals surface area contributed by atoms with Crippen LogP contribution in [0.15, 0.2) is 47.4 Å². The van der Waals surface area contributed by atoms with Crippen LogP contribution in [0.3, 0.4) is 0 Å². The Bertz CT molecular complexity index is 1250. The van der Waals surface area contributed by atoms with E-state index in [1.807, 2.05) is 32.0 Å². The number of hydrogen-bond acceptors (Lipinski definition) is 7. The van der Waals surface area contributed by atoms with E-state index in [2.05, 4.69) is 4.90 Å². The number of fused-ring (bicyclic) bond motifs is 1. The molecule has 33 heavy (non-hydrogen) atoms. The summed E-state index contributed by atoms with van der Waals surface area (Å²) in [5, 5.41) is 0.922. The molecule has 1 fully saturated rings. The molecular formula is C23H28N4O4S2. The van der Waals surface area contributed by atoms with E-state index in [9.17, 15) is 13.2 Å². The Morgan fingerprint density at radius 2 is 1.76 bits per heavy atom. The first-order valence-corrected chi connectivity index (χ1v) is 13.0. The largest absolute Gasteiger partial charge is 0.494 e. The molecule has 0 spiro atoms. The van der Waals surface area contributed by atoms with Crippen molar-refractivity contribution in [2.45, 2.75) is 24.8 Å². The summed E-state index contributed by atoms with van der Waals surface area (Å²) in [5.41, 5.74) is 1.34. The van der Waals surface area contributed by atoms with Crippen LogP contribution in [-0.2, 0) is 10.0 Å². The van der Waals surface area contributed by atoms with E-state index < -0.39 is 10.0 Å². The molecule has 1 amide bonds. The molecule has 4 rings (SSSR count). The van der Waals surface area contributed by atoms with Crippen molar-refractivity contribution in [3.8, 4) is 5.75 Å². The highest BCUT2D eigenvalue weighted by Crippen LogP contribution is 2.34. The highest BCUT2D eigenvalue weighted by Gasteiger charge is 2.26. The minimum atomic E-state index is -3.57. The summed E-state index contributed by atoms with van der Waals surface area (Å²) in [6, 6.07) is 11.9. The summed E-state index contributed by atoms with van der Waals surface area (Å²) in [5.74, 6) is 0.663. The van der Waals surface area contributed by atoms with Gasteiger partial charge >= 0.3 is 0 Å². The second-order valence-electron chi connectivity index (χ2n) is 8.22. The quantitative estimate of drug-likeness (QED) is 0.530. The van der Waals surface area contributed by atoms with E-state index in [0.29, 0.717) is 31.7 Å². The minimum absolute atomic E-state index is 0.0956. The van der Waals surface area contributed by atoms with Crippen LogP contribution in [0, 0.1) is 0 Å². The average molecular weight is 489 g/mol. The van der Waals surface area contributed by atoms with E-state index in [4.69, 9.17) is 9.72 Å². The molecule has 176 valence electrons. The van der Waals surface area contributed by atoms with Crippen molar-refractivity contribution < 1.29 is 17.9 Å². The van der Waals surface area contributed by atoms with Crippen LogP contribution in [0.25, 0.3) is 10.2 Å². The topological polar surface area (TPSA) is 83.0 Å². The normalized spacial score (nSPS) is 15.0. The number of carbonyl (C=O) groups excluding carboxylic acids is 1. The Morgan fingerprint density at radius 1 is 1.09 bits per heavy atom. The third kappa shape index (κ3) is 4.55. The van der Waals surface area contributed by atoms with Gasteiger partial charge in [-0.1, -0.05) is 17.4 Å². The van der Waals surface area contributed by atoms with Crippen LogP contribution < -0.4 is 9.64 Å². The summed E-state index contributed by atoms with van der Waals surface area (Å²) < 4.78 is 33.1. The SMILES string of the molecule is COc1cccc2sc(N3CCN(C(=O)c4ccc(S(=O)(=O)N(C)C(C)C)cc4)CC3)nc12. The Morgan fingerprint density at radius 3 is 2.36 bits per heavy atom. The number of anilines is 1. The number of carbonyl (C=O) groups is 1. The van der Waals surface area contributed by atoms with Crippen molar-refractivity contribution in [2.75, 3.05) is 45.2 Å². The Hall–Kier alpha value is -2.69. The standard InChI is InChI=1S/C23H28N4O4S2/c1-16(2)25(3)33(29,30)18-10-8-17(9-11-18)22(28)26-12-14-27(15-13-26)23-24-21-19(31-4)6-5-7-20(21)32-23/h5-11,16H,12-15H2,1-4H3. The predicted octanol–water partition coefficient (Wildman–Crippen LogP) is 3.30. The molecule has 0 saturated carbocycles. The molecular weight excluding hydrogens is 460 g/mol. The first-order chi connectivity index (χ1) is 15.7. The number of amides is 1. The third-order valence-corrected chi connectivity index (χ3v) is 9.06. The smallest absolute Gasteiger partial charge is 0.253 e. The fourth-order valence-corrected chi connectivity index (χ4v) is 6.11. The predicted molar refractivity (Wildman–Crippen MR) is 131 cm³/mol. The van der Waals surface area contributed by atoms with Crippen LogP contribution in [0.2, 0.25) is 0 Å². The van der Waals surface area contributed by atoms with Crippen molar-refractivity contribution in [1.29, 1.82) is 0 Å². The fraction of sp³-hybridized carbons (Fsp3) is 0.391. The van der Waals surface area contributed by atoms with Crippen LogP contribution in [0.4, 0.5) is 5.13 Å². The number of piperazine rings is 1. The zero-order valence-corrected chi connectivity index (χ0v) is 20.8. The molecule has 1 aliphatic heterocycles. The third-order valence-electron chi connectivity index (χ3n) is 5.93. The van der Waals surface area contributed by atoms with Gasteiger partial charge in [-0.05, 0) is 50.2 Å². The van der Waals surface area contributed by atoms with E-state index in [1.54, 1.807) is 42.5 Å². The molecule has 0 atom stereocenters. The van der Waals surface area contributed by atoms with Gasteiger partial charge in [0, 0.05) is 44.8 Å². The Balaban J connectivity index is 1.42. The van der Waals surface area contributed by atoms with Crippen LogP contribution >= 0.6 is 11.3 Å². The molecule has 1 aliphatic rings. The molecule has 0 radical (unpaired) electrons. The summed E-state index contributed by atoms with van der Waals surface area (Å²) in [6.45, 7) is 6.14. The van der Waals surface area contributed by atoms with Crippen molar-refractivity contribution in [3.63, 3.8) is 0 Å². The Kier molecular flexibility index (Phi) is 6.60. The van der Waals surface area contributed by atoms with Gasteiger partial charge < -0.3 is 14.5 Å². The maximum Gasteiger partial charge on any atom is 0.253 e. The highest BCUT2D eigenvalue weighted by atomic mass is 32.2. The maximum absolute atomic E-state index is 13.0. The molecule has 2 aromatic carbocycles. The van der Waals surface area contributed by atoms with Gasteiger partial charge in [0.25, 0.3) is 5.91 Å². The lowest BCUT2D eigenvalue weighted by Gasteiger charge is -2.34. The van der Waals surface area contributed by atoms with Gasteiger partial charge in [-0.25, -0.2) is 13.4 Å². The molecule has 1 saturated heterocycles. The zero-order chi connectivity index (χ0) is 23.8. The number of benzene rings is 2. The van der Waals surface area contributed by atoms with Crippen molar-refractivity contribution in [3.05, 3.63) is 48.0 Å². The first-order valence-electron chi connectivity index (χ1n) is 10.8. The molecule has 0 aliphatic carbocycles. The number of sulfonamides is 1. The molecule has 10 heteroatoms. The van der Waals surface area contributed by atoms with Crippen LogP contribution in [0.1, 0.15) is 24.2 Å². The molecule has 0 N–H and O–H groups in total. The zero-order valence-electron chi connectivity index (χ0n) is 19.2. The lowest BCUT2D eigenvalue weighted by atomic mass is 10.2. The number of nitrogens with zero attached hydrogens (tertiary/aromatic N) is 4. The second-order valence-corrected chi connectivity index (χ2v) is 11.2. The van der Waals surface area contributed by atoms with E-state index >= 15 is 0 Å². The van der Waals surface area contributed by atoms with Gasteiger partial charge in [-0.3, -0.25) is 4.79 Å². The van der Waals surface area contributed by atoms with Gasteiger partial charge in [-0.15, -0.1) is 0 Å². The average Bonchev–Trinajstić information content (AvgIpc) is 3.27. The molecule has 3 aromatic rings. The fourth-order valence-electron chi connectivity index (χ4n) is 3.71. The van der Waals surface area contributed by atoms with Crippen molar-refractivity contribution in [1.82, 2.24) is 14.2 Å². The summed E-state index contributed by atoms with van der Waals surface area (Å²) >= 11 is 1.62. The summed E-state index contributed by atoms with van der Waals surface area (Å²) in [6.07, 6.45) is 0. The molecule has 2 heterocycles. The van der Waals surface area contributed by atoms with E-state index in [0.717, 1.165) is 21.1 Å². The molecule has 8 nitrogen and oxygen atoms in total. The molecule has 0 unspecified atom stereocenters. The number of para-hydroxylation sites is 1. The van der Waals surface area contributed by atoms with E-state index in [-0.39, 0.29) is 16.8 Å². The van der Waals surface area contributed by atoms with Gasteiger partial charge in [0.15, 0.2) is 5.13 Å². The van der Waals surface area contributed by atoms with Gasteiger partial charge in [0.2, 0.25) is 10.0 Å². The van der Waals surface area contributed by atoms with Gasteiger partial charge in [0.1, 0.15) is 11.3 Å². The lowest BCUT2D eigenvalue weighted by Crippen LogP contribution is -2.48. The van der Waals surface area contributed by atoms with Gasteiger partial charge in [0.05, 0.1) is 16.7 Å².